The lowest BCUT2D eigenvalue weighted by Gasteiger charge is -2.18. The molecule has 1 saturated heterocycles. The summed E-state index contributed by atoms with van der Waals surface area (Å²) in [5.41, 5.74) is 1.08. The van der Waals surface area contributed by atoms with Gasteiger partial charge in [0.15, 0.2) is 0 Å². The summed E-state index contributed by atoms with van der Waals surface area (Å²) in [6, 6.07) is 3.95. The Balaban J connectivity index is 1.75. The molecule has 5 heteroatoms. The number of hydrogen-bond acceptors (Lipinski definition) is 4. The van der Waals surface area contributed by atoms with Crippen molar-refractivity contribution in [1.82, 2.24) is 15.6 Å². The number of aryl methyl sites for hydroxylation is 1. The van der Waals surface area contributed by atoms with Crippen molar-refractivity contribution >= 4 is 5.91 Å². The van der Waals surface area contributed by atoms with Gasteiger partial charge in [0.2, 0.25) is 5.91 Å². The Labute approximate surface area is 107 Å². The molecule has 0 radical (unpaired) electrons. The fourth-order valence-corrected chi connectivity index (χ4v) is 2.13. The standard InChI is InChI=1S/C13H19N3O2/c1-18-12-9-15-8-11(12)16-13(17)5-4-10-3-2-6-14-7-10/h2-3,6-7,11-12,15H,4-5,8-9H2,1H3,(H,16,17)/t11?,12-/m0/s1. The molecule has 1 unspecified atom stereocenters. The van der Waals surface area contributed by atoms with E-state index in [1.165, 1.54) is 0 Å². The van der Waals surface area contributed by atoms with Crippen LogP contribution in [-0.4, -0.2) is 43.2 Å². The number of rotatable bonds is 5. The van der Waals surface area contributed by atoms with Gasteiger partial charge in [-0.25, -0.2) is 0 Å². The lowest BCUT2D eigenvalue weighted by Crippen LogP contribution is -2.43. The molecular weight excluding hydrogens is 230 g/mol. The second kappa shape index (κ2) is 6.47. The molecule has 2 atom stereocenters. The van der Waals surface area contributed by atoms with Crippen LogP contribution in [0.4, 0.5) is 0 Å². The highest BCUT2D eigenvalue weighted by Gasteiger charge is 2.27. The molecule has 0 bridgehead atoms. The van der Waals surface area contributed by atoms with Gasteiger partial charge in [-0.2, -0.15) is 0 Å². The highest BCUT2D eigenvalue weighted by Crippen LogP contribution is 2.05. The Morgan fingerprint density at radius 1 is 1.61 bits per heavy atom. The molecule has 0 aromatic carbocycles. The van der Waals surface area contributed by atoms with E-state index in [9.17, 15) is 4.79 Å². The minimum Gasteiger partial charge on any atom is -0.378 e. The summed E-state index contributed by atoms with van der Waals surface area (Å²) in [7, 11) is 1.67. The van der Waals surface area contributed by atoms with Gasteiger partial charge in [-0.15, -0.1) is 0 Å². The van der Waals surface area contributed by atoms with E-state index in [-0.39, 0.29) is 18.1 Å². The molecule has 1 amide bonds. The second-order valence-electron chi connectivity index (χ2n) is 4.47. The van der Waals surface area contributed by atoms with Crippen molar-refractivity contribution in [1.29, 1.82) is 0 Å². The minimum atomic E-state index is 0.0644. The summed E-state index contributed by atoms with van der Waals surface area (Å²) >= 11 is 0. The fraction of sp³-hybridized carbons (Fsp3) is 0.538. The van der Waals surface area contributed by atoms with Crippen molar-refractivity contribution in [2.75, 3.05) is 20.2 Å². The zero-order valence-corrected chi connectivity index (χ0v) is 10.6. The van der Waals surface area contributed by atoms with Crippen LogP contribution in [0.5, 0.6) is 0 Å². The summed E-state index contributed by atoms with van der Waals surface area (Å²) in [5.74, 6) is 0.0644. The third-order valence-corrected chi connectivity index (χ3v) is 3.17. The third kappa shape index (κ3) is 3.51. The van der Waals surface area contributed by atoms with Crippen LogP contribution in [-0.2, 0) is 16.0 Å². The average molecular weight is 249 g/mol. The van der Waals surface area contributed by atoms with Crippen LogP contribution >= 0.6 is 0 Å². The highest BCUT2D eigenvalue weighted by atomic mass is 16.5. The van der Waals surface area contributed by atoms with Crippen molar-refractivity contribution in [3.05, 3.63) is 30.1 Å². The fourth-order valence-electron chi connectivity index (χ4n) is 2.13. The number of aromatic nitrogens is 1. The Bertz CT molecular complexity index is 383. The van der Waals surface area contributed by atoms with E-state index >= 15 is 0 Å². The van der Waals surface area contributed by atoms with Crippen molar-refractivity contribution in [3.8, 4) is 0 Å². The molecule has 1 fully saturated rings. The van der Waals surface area contributed by atoms with Crippen LogP contribution in [0.25, 0.3) is 0 Å². The lowest BCUT2D eigenvalue weighted by molar-refractivity contribution is -0.122. The monoisotopic (exact) mass is 249 g/mol. The maximum atomic E-state index is 11.8. The Morgan fingerprint density at radius 2 is 2.50 bits per heavy atom. The lowest BCUT2D eigenvalue weighted by atomic mass is 10.1. The summed E-state index contributed by atoms with van der Waals surface area (Å²) < 4.78 is 5.30. The highest BCUT2D eigenvalue weighted by molar-refractivity contribution is 5.76. The van der Waals surface area contributed by atoms with Gasteiger partial charge in [-0.05, 0) is 18.1 Å². The molecular formula is C13H19N3O2. The van der Waals surface area contributed by atoms with Crippen LogP contribution in [0.3, 0.4) is 0 Å². The van der Waals surface area contributed by atoms with Crippen molar-refractivity contribution in [3.63, 3.8) is 0 Å². The molecule has 5 nitrogen and oxygen atoms in total. The summed E-state index contributed by atoms with van der Waals surface area (Å²) in [5, 5.41) is 6.21. The van der Waals surface area contributed by atoms with E-state index in [4.69, 9.17) is 4.74 Å². The van der Waals surface area contributed by atoms with Gasteiger partial charge in [-0.1, -0.05) is 6.07 Å². The molecule has 98 valence electrons. The van der Waals surface area contributed by atoms with Crippen molar-refractivity contribution in [2.45, 2.75) is 25.0 Å². The number of ether oxygens (including phenoxy) is 1. The van der Waals surface area contributed by atoms with E-state index in [0.717, 1.165) is 25.1 Å². The van der Waals surface area contributed by atoms with Gasteiger partial charge >= 0.3 is 0 Å². The largest absolute Gasteiger partial charge is 0.378 e. The molecule has 1 aliphatic heterocycles. The number of nitrogens with one attached hydrogen (secondary N) is 2. The van der Waals surface area contributed by atoms with Gasteiger partial charge in [0.1, 0.15) is 0 Å². The van der Waals surface area contributed by atoms with Crippen LogP contribution in [0.1, 0.15) is 12.0 Å². The molecule has 1 aromatic heterocycles. The zero-order valence-electron chi connectivity index (χ0n) is 10.6. The number of methoxy groups -OCH3 is 1. The van der Waals surface area contributed by atoms with E-state index in [1.54, 1.807) is 19.5 Å². The predicted molar refractivity (Wildman–Crippen MR) is 68.2 cm³/mol. The van der Waals surface area contributed by atoms with Crippen LogP contribution in [0.2, 0.25) is 0 Å². The van der Waals surface area contributed by atoms with Gasteiger partial charge < -0.3 is 15.4 Å². The normalized spacial score (nSPS) is 22.9. The first-order chi connectivity index (χ1) is 8.79. The number of hydrogen-bond donors (Lipinski definition) is 2. The smallest absolute Gasteiger partial charge is 0.220 e. The summed E-state index contributed by atoms with van der Waals surface area (Å²) in [6.45, 7) is 1.57. The third-order valence-electron chi connectivity index (χ3n) is 3.17. The Hall–Kier alpha value is -1.46. The van der Waals surface area contributed by atoms with E-state index in [0.29, 0.717) is 6.42 Å². The topological polar surface area (TPSA) is 63.2 Å². The molecule has 0 aliphatic carbocycles. The number of nitrogens with zero attached hydrogens (tertiary/aromatic N) is 1. The molecule has 2 rings (SSSR count). The minimum absolute atomic E-state index is 0.0644. The molecule has 2 heterocycles. The first kappa shape index (κ1) is 13.0. The average Bonchev–Trinajstić information content (AvgIpc) is 2.85. The second-order valence-corrected chi connectivity index (χ2v) is 4.47. The van der Waals surface area contributed by atoms with E-state index in [1.807, 2.05) is 12.1 Å². The van der Waals surface area contributed by atoms with Gasteiger partial charge in [0, 0.05) is 39.0 Å². The van der Waals surface area contributed by atoms with Crippen LogP contribution in [0.15, 0.2) is 24.5 Å². The maximum absolute atomic E-state index is 11.8. The van der Waals surface area contributed by atoms with Crippen molar-refractivity contribution < 1.29 is 9.53 Å². The quantitative estimate of drug-likeness (QED) is 0.778. The SMILES string of the molecule is CO[C@H]1CNCC1NC(=O)CCc1cccnc1. The Morgan fingerprint density at radius 3 is 3.22 bits per heavy atom. The van der Waals surface area contributed by atoms with Gasteiger partial charge in [-0.3, -0.25) is 9.78 Å². The number of carbonyl (C=O) groups excluding carboxylic acids is 1. The van der Waals surface area contributed by atoms with Crippen molar-refractivity contribution in [2.24, 2.45) is 0 Å². The summed E-state index contributed by atoms with van der Waals surface area (Å²) in [4.78, 5) is 15.8. The van der Waals surface area contributed by atoms with E-state index in [2.05, 4.69) is 15.6 Å². The molecule has 0 spiro atoms. The molecule has 0 saturated carbocycles. The van der Waals surface area contributed by atoms with Gasteiger partial charge in [0.05, 0.1) is 12.1 Å². The Kier molecular flexibility index (Phi) is 4.66. The molecule has 1 aliphatic rings. The predicted octanol–water partition coefficient (Wildman–Crippen LogP) is 0.117. The number of amides is 1. The number of carbonyl (C=O) groups is 1. The molecule has 1 aromatic rings. The van der Waals surface area contributed by atoms with Crippen LogP contribution in [0, 0.1) is 0 Å². The molecule has 2 N–H and O–H groups in total. The van der Waals surface area contributed by atoms with E-state index < -0.39 is 0 Å². The first-order valence-corrected chi connectivity index (χ1v) is 6.21. The van der Waals surface area contributed by atoms with Crippen LogP contribution < -0.4 is 10.6 Å². The van der Waals surface area contributed by atoms with Gasteiger partial charge in [0.25, 0.3) is 0 Å². The molecule has 18 heavy (non-hydrogen) atoms. The maximum Gasteiger partial charge on any atom is 0.220 e. The summed E-state index contributed by atoms with van der Waals surface area (Å²) in [6.07, 6.45) is 4.81. The number of pyridine rings is 1. The zero-order chi connectivity index (χ0) is 12.8. The first-order valence-electron chi connectivity index (χ1n) is 6.21.